The molecule has 2 heterocycles. The van der Waals surface area contributed by atoms with Crippen LogP contribution in [0.15, 0.2) is 42.7 Å². The molecule has 1 aliphatic rings. The molecular weight excluding hydrogens is 252 g/mol. The van der Waals surface area contributed by atoms with Crippen molar-refractivity contribution in [2.45, 2.75) is 6.61 Å². The molecule has 1 N–H and O–H groups in total. The predicted octanol–water partition coefficient (Wildman–Crippen LogP) is 1.47. The molecule has 0 atom stereocenters. The van der Waals surface area contributed by atoms with E-state index in [1.54, 1.807) is 18.5 Å². The highest BCUT2D eigenvalue weighted by Gasteiger charge is 2.10. The molecule has 1 fully saturated rings. The Balaban J connectivity index is 1.58. The van der Waals surface area contributed by atoms with E-state index < -0.39 is 0 Å². The van der Waals surface area contributed by atoms with Gasteiger partial charge in [-0.25, -0.2) is 9.97 Å². The monoisotopic (exact) mass is 270 g/mol. The van der Waals surface area contributed by atoms with Crippen LogP contribution in [0.1, 0.15) is 5.82 Å². The molecule has 1 aromatic carbocycles. The summed E-state index contributed by atoms with van der Waals surface area (Å²) in [7, 11) is 0. The molecule has 0 radical (unpaired) electrons. The van der Waals surface area contributed by atoms with Crippen molar-refractivity contribution in [1.82, 2.24) is 15.3 Å². The van der Waals surface area contributed by atoms with Gasteiger partial charge in [-0.1, -0.05) is 0 Å². The maximum absolute atomic E-state index is 5.68. The molecule has 3 rings (SSSR count). The molecule has 5 nitrogen and oxygen atoms in total. The fraction of sp³-hybridized carbons (Fsp3) is 0.333. The van der Waals surface area contributed by atoms with E-state index in [0.29, 0.717) is 12.4 Å². The van der Waals surface area contributed by atoms with E-state index in [1.165, 1.54) is 5.69 Å². The van der Waals surface area contributed by atoms with Crippen molar-refractivity contribution in [2.24, 2.45) is 0 Å². The molecule has 2 aromatic rings. The van der Waals surface area contributed by atoms with Gasteiger partial charge >= 0.3 is 0 Å². The van der Waals surface area contributed by atoms with Crippen LogP contribution >= 0.6 is 0 Å². The Morgan fingerprint density at radius 2 is 1.75 bits per heavy atom. The smallest absolute Gasteiger partial charge is 0.166 e. The summed E-state index contributed by atoms with van der Waals surface area (Å²) in [6.07, 6.45) is 3.44. The zero-order valence-electron chi connectivity index (χ0n) is 11.3. The molecule has 20 heavy (non-hydrogen) atoms. The van der Waals surface area contributed by atoms with Gasteiger partial charge in [0.25, 0.3) is 0 Å². The van der Waals surface area contributed by atoms with Gasteiger partial charge in [0.15, 0.2) is 5.82 Å². The third kappa shape index (κ3) is 3.24. The van der Waals surface area contributed by atoms with Gasteiger partial charge in [0.05, 0.1) is 0 Å². The van der Waals surface area contributed by atoms with Gasteiger partial charge in [-0.2, -0.15) is 0 Å². The van der Waals surface area contributed by atoms with Crippen LogP contribution in [-0.2, 0) is 6.61 Å². The molecule has 0 saturated carbocycles. The van der Waals surface area contributed by atoms with Crippen LogP contribution in [-0.4, -0.2) is 36.1 Å². The number of nitrogens with one attached hydrogen (secondary N) is 1. The third-order valence-corrected chi connectivity index (χ3v) is 3.31. The molecule has 0 spiro atoms. The number of piperazine rings is 1. The predicted molar refractivity (Wildman–Crippen MR) is 77.9 cm³/mol. The summed E-state index contributed by atoms with van der Waals surface area (Å²) in [6, 6.07) is 10.0. The lowest BCUT2D eigenvalue weighted by Gasteiger charge is -2.29. The number of anilines is 1. The topological polar surface area (TPSA) is 50.3 Å². The van der Waals surface area contributed by atoms with E-state index in [0.717, 1.165) is 31.9 Å². The summed E-state index contributed by atoms with van der Waals surface area (Å²) < 4.78 is 5.68. The average Bonchev–Trinajstić information content (AvgIpc) is 2.55. The Morgan fingerprint density at radius 1 is 1.05 bits per heavy atom. The molecule has 0 bridgehead atoms. The first-order valence-electron chi connectivity index (χ1n) is 6.86. The standard InChI is InChI=1S/C15H18N4O/c1-6-17-15(18-7-1)12-20-14-4-2-13(3-5-14)19-10-8-16-9-11-19/h1-7,16H,8-12H2. The molecule has 1 saturated heterocycles. The fourth-order valence-corrected chi connectivity index (χ4v) is 2.23. The molecule has 1 aliphatic heterocycles. The Bertz CT molecular complexity index is 523. The zero-order chi connectivity index (χ0) is 13.6. The van der Waals surface area contributed by atoms with E-state index in [-0.39, 0.29) is 0 Å². The lowest BCUT2D eigenvalue weighted by Crippen LogP contribution is -2.43. The van der Waals surface area contributed by atoms with Gasteiger partial charge in [0, 0.05) is 44.3 Å². The van der Waals surface area contributed by atoms with Crippen molar-refractivity contribution in [3.8, 4) is 5.75 Å². The van der Waals surface area contributed by atoms with Crippen LogP contribution in [0.5, 0.6) is 5.75 Å². The minimum Gasteiger partial charge on any atom is -0.486 e. The number of ether oxygens (including phenoxy) is 1. The second kappa shape index (κ2) is 6.34. The molecule has 0 aliphatic carbocycles. The van der Waals surface area contributed by atoms with E-state index in [2.05, 4.69) is 32.3 Å². The maximum Gasteiger partial charge on any atom is 0.166 e. The Hall–Kier alpha value is -2.14. The van der Waals surface area contributed by atoms with E-state index in [4.69, 9.17) is 4.74 Å². The van der Waals surface area contributed by atoms with Gasteiger partial charge in [0.1, 0.15) is 12.4 Å². The molecule has 104 valence electrons. The molecule has 0 amide bonds. The quantitative estimate of drug-likeness (QED) is 0.911. The van der Waals surface area contributed by atoms with Crippen LogP contribution < -0.4 is 15.0 Å². The van der Waals surface area contributed by atoms with Crippen molar-refractivity contribution in [2.75, 3.05) is 31.1 Å². The number of benzene rings is 1. The van der Waals surface area contributed by atoms with Crippen LogP contribution in [0.2, 0.25) is 0 Å². The summed E-state index contributed by atoms with van der Waals surface area (Å²) in [4.78, 5) is 10.6. The van der Waals surface area contributed by atoms with E-state index in [9.17, 15) is 0 Å². The Morgan fingerprint density at radius 3 is 2.45 bits per heavy atom. The second-order valence-electron chi connectivity index (χ2n) is 4.68. The summed E-state index contributed by atoms with van der Waals surface area (Å²) >= 11 is 0. The number of aromatic nitrogens is 2. The van der Waals surface area contributed by atoms with Gasteiger partial charge in [-0.3, -0.25) is 0 Å². The number of rotatable bonds is 4. The van der Waals surface area contributed by atoms with Gasteiger partial charge < -0.3 is 15.0 Å². The minimum atomic E-state index is 0.397. The van der Waals surface area contributed by atoms with Gasteiger partial charge in [-0.15, -0.1) is 0 Å². The summed E-state index contributed by atoms with van der Waals surface area (Å²) in [5.74, 6) is 1.54. The lowest BCUT2D eigenvalue weighted by molar-refractivity contribution is 0.296. The highest BCUT2D eigenvalue weighted by Crippen LogP contribution is 2.20. The first-order chi connectivity index (χ1) is 9.92. The Kier molecular flexibility index (Phi) is 4.08. The molecular formula is C15H18N4O. The Labute approximate surface area is 118 Å². The van der Waals surface area contributed by atoms with E-state index >= 15 is 0 Å². The van der Waals surface area contributed by atoms with Crippen molar-refractivity contribution in [3.63, 3.8) is 0 Å². The van der Waals surface area contributed by atoms with Crippen LogP contribution in [0.25, 0.3) is 0 Å². The van der Waals surface area contributed by atoms with E-state index in [1.807, 2.05) is 12.1 Å². The normalized spacial score (nSPS) is 15.1. The first kappa shape index (κ1) is 12.9. The number of hydrogen-bond donors (Lipinski definition) is 1. The maximum atomic E-state index is 5.68. The fourth-order valence-electron chi connectivity index (χ4n) is 2.23. The molecule has 0 unspecified atom stereocenters. The molecule has 5 heteroatoms. The van der Waals surface area contributed by atoms with Crippen LogP contribution in [0.4, 0.5) is 5.69 Å². The van der Waals surface area contributed by atoms with Gasteiger partial charge in [0.2, 0.25) is 0 Å². The van der Waals surface area contributed by atoms with Crippen molar-refractivity contribution in [1.29, 1.82) is 0 Å². The number of nitrogens with zero attached hydrogens (tertiary/aromatic N) is 3. The van der Waals surface area contributed by atoms with Crippen molar-refractivity contribution < 1.29 is 4.74 Å². The minimum absolute atomic E-state index is 0.397. The average molecular weight is 270 g/mol. The van der Waals surface area contributed by atoms with Gasteiger partial charge in [-0.05, 0) is 30.3 Å². The number of hydrogen-bond acceptors (Lipinski definition) is 5. The highest BCUT2D eigenvalue weighted by atomic mass is 16.5. The highest BCUT2D eigenvalue weighted by molar-refractivity contribution is 5.49. The first-order valence-corrected chi connectivity index (χ1v) is 6.86. The van der Waals surface area contributed by atoms with Crippen molar-refractivity contribution in [3.05, 3.63) is 48.5 Å². The molecule has 1 aromatic heterocycles. The zero-order valence-corrected chi connectivity index (χ0v) is 11.3. The summed E-state index contributed by atoms with van der Waals surface area (Å²) in [5.41, 5.74) is 1.25. The third-order valence-electron chi connectivity index (χ3n) is 3.31. The lowest BCUT2D eigenvalue weighted by atomic mass is 10.2. The van der Waals surface area contributed by atoms with Crippen LogP contribution in [0.3, 0.4) is 0 Å². The summed E-state index contributed by atoms with van der Waals surface area (Å²) in [5, 5.41) is 3.35. The van der Waals surface area contributed by atoms with Crippen LogP contribution in [0, 0.1) is 0 Å². The van der Waals surface area contributed by atoms with Crippen molar-refractivity contribution >= 4 is 5.69 Å². The summed E-state index contributed by atoms with van der Waals surface area (Å²) in [6.45, 7) is 4.59. The second-order valence-corrected chi connectivity index (χ2v) is 4.68. The SMILES string of the molecule is c1cnc(COc2ccc(N3CCNCC3)cc2)nc1. The largest absolute Gasteiger partial charge is 0.486 e.